The first-order chi connectivity index (χ1) is 11.7. The summed E-state index contributed by atoms with van der Waals surface area (Å²) in [6, 6.07) is 15.6. The standard InChI is InChI=1S/C19H21ClN2OS/c1-2-13-23-17-10-5-9-16(14-17)22-19(24)21-12-6-8-15-7-3-4-11-18(15)20/h2-5,7,9-11,14H,1,6,8,12-13H2,(H2,21,22,24). The third-order valence-electron chi connectivity index (χ3n) is 3.33. The number of halogens is 1. The summed E-state index contributed by atoms with van der Waals surface area (Å²) in [6.07, 6.45) is 3.58. The van der Waals surface area contributed by atoms with Crippen molar-refractivity contribution in [3.8, 4) is 5.75 Å². The Bertz CT molecular complexity index is 691. The summed E-state index contributed by atoms with van der Waals surface area (Å²) in [7, 11) is 0. The van der Waals surface area contributed by atoms with Crippen molar-refractivity contribution in [3.63, 3.8) is 0 Å². The molecule has 0 bridgehead atoms. The van der Waals surface area contributed by atoms with Crippen molar-refractivity contribution in [3.05, 3.63) is 71.8 Å². The highest BCUT2D eigenvalue weighted by Crippen LogP contribution is 2.18. The van der Waals surface area contributed by atoms with Gasteiger partial charge in [-0.1, -0.05) is 48.5 Å². The summed E-state index contributed by atoms with van der Waals surface area (Å²) >= 11 is 11.5. The van der Waals surface area contributed by atoms with Crippen LogP contribution in [0.15, 0.2) is 61.2 Å². The molecular weight excluding hydrogens is 340 g/mol. The summed E-state index contributed by atoms with van der Waals surface area (Å²) in [4.78, 5) is 0. The lowest BCUT2D eigenvalue weighted by Gasteiger charge is -2.12. The molecule has 0 aliphatic rings. The van der Waals surface area contributed by atoms with E-state index in [4.69, 9.17) is 28.6 Å². The number of nitrogens with one attached hydrogen (secondary N) is 2. The number of anilines is 1. The Balaban J connectivity index is 1.73. The topological polar surface area (TPSA) is 33.3 Å². The molecular formula is C19H21ClN2OS. The first-order valence-corrected chi connectivity index (χ1v) is 8.59. The second-order valence-electron chi connectivity index (χ2n) is 5.20. The molecule has 24 heavy (non-hydrogen) atoms. The Kier molecular flexibility index (Phi) is 7.59. The first kappa shape index (κ1) is 18.3. The monoisotopic (exact) mass is 360 g/mol. The van der Waals surface area contributed by atoms with Crippen molar-refractivity contribution >= 4 is 34.6 Å². The molecule has 126 valence electrons. The number of rotatable bonds is 8. The van der Waals surface area contributed by atoms with Crippen LogP contribution in [0.1, 0.15) is 12.0 Å². The average molecular weight is 361 g/mol. The minimum absolute atomic E-state index is 0.480. The minimum Gasteiger partial charge on any atom is -0.489 e. The zero-order valence-electron chi connectivity index (χ0n) is 13.4. The van der Waals surface area contributed by atoms with Crippen molar-refractivity contribution in [2.45, 2.75) is 12.8 Å². The molecule has 3 nitrogen and oxygen atoms in total. The molecule has 0 aliphatic heterocycles. The molecule has 2 aromatic rings. The van der Waals surface area contributed by atoms with E-state index in [2.05, 4.69) is 17.2 Å². The molecule has 2 N–H and O–H groups in total. The van der Waals surface area contributed by atoms with E-state index < -0.39 is 0 Å². The van der Waals surface area contributed by atoms with Gasteiger partial charge < -0.3 is 15.4 Å². The van der Waals surface area contributed by atoms with E-state index in [9.17, 15) is 0 Å². The van der Waals surface area contributed by atoms with Crippen LogP contribution in [0.4, 0.5) is 5.69 Å². The van der Waals surface area contributed by atoms with E-state index in [0.717, 1.165) is 41.4 Å². The molecule has 2 rings (SSSR count). The quantitative estimate of drug-likeness (QED) is 0.401. The van der Waals surface area contributed by atoms with Crippen LogP contribution in [0.25, 0.3) is 0 Å². The lowest BCUT2D eigenvalue weighted by molar-refractivity contribution is 0.363. The minimum atomic E-state index is 0.480. The largest absolute Gasteiger partial charge is 0.489 e. The van der Waals surface area contributed by atoms with E-state index in [1.807, 2.05) is 48.5 Å². The second-order valence-corrected chi connectivity index (χ2v) is 6.02. The van der Waals surface area contributed by atoms with Crippen molar-refractivity contribution in [1.82, 2.24) is 5.32 Å². The number of hydrogen-bond acceptors (Lipinski definition) is 2. The van der Waals surface area contributed by atoms with E-state index >= 15 is 0 Å². The van der Waals surface area contributed by atoms with Crippen molar-refractivity contribution < 1.29 is 4.74 Å². The Morgan fingerprint density at radius 1 is 1.21 bits per heavy atom. The van der Waals surface area contributed by atoms with Gasteiger partial charge in [-0.2, -0.15) is 0 Å². The number of ether oxygens (including phenoxy) is 1. The number of benzene rings is 2. The summed E-state index contributed by atoms with van der Waals surface area (Å²) in [5.41, 5.74) is 2.05. The Labute approximate surface area is 153 Å². The van der Waals surface area contributed by atoms with Crippen LogP contribution in [0.2, 0.25) is 5.02 Å². The Hall–Kier alpha value is -2.04. The van der Waals surface area contributed by atoms with Crippen LogP contribution in [0.5, 0.6) is 5.75 Å². The molecule has 0 amide bonds. The van der Waals surface area contributed by atoms with Gasteiger partial charge in [0, 0.05) is 23.3 Å². The fourth-order valence-electron chi connectivity index (χ4n) is 2.18. The van der Waals surface area contributed by atoms with E-state index in [1.165, 1.54) is 0 Å². The van der Waals surface area contributed by atoms with E-state index in [-0.39, 0.29) is 0 Å². The van der Waals surface area contributed by atoms with Gasteiger partial charge in [-0.3, -0.25) is 0 Å². The fraction of sp³-hybridized carbons (Fsp3) is 0.211. The molecule has 0 radical (unpaired) electrons. The van der Waals surface area contributed by atoms with Crippen LogP contribution in [0, 0.1) is 0 Å². The van der Waals surface area contributed by atoms with Crippen LogP contribution >= 0.6 is 23.8 Å². The SMILES string of the molecule is C=CCOc1cccc(NC(=S)NCCCc2ccccc2Cl)c1. The zero-order chi connectivity index (χ0) is 17.2. The fourth-order valence-corrected chi connectivity index (χ4v) is 2.63. The molecule has 0 aliphatic carbocycles. The lowest BCUT2D eigenvalue weighted by Crippen LogP contribution is -2.29. The van der Waals surface area contributed by atoms with Gasteiger partial charge in [0.05, 0.1) is 0 Å². The normalized spacial score (nSPS) is 10.0. The molecule has 0 spiro atoms. The van der Waals surface area contributed by atoms with Crippen LogP contribution in [0.3, 0.4) is 0 Å². The molecule has 0 atom stereocenters. The van der Waals surface area contributed by atoms with Gasteiger partial charge >= 0.3 is 0 Å². The third kappa shape index (κ3) is 6.22. The van der Waals surface area contributed by atoms with Crippen LogP contribution < -0.4 is 15.4 Å². The first-order valence-electron chi connectivity index (χ1n) is 7.81. The van der Waals surface area contributed by atoms with Gasteiger partial charge in [0.1, 0.15) is 12.4 Å². The molecule has 0 unspecified atom stereocenters. The second kappa shape index (κ2) is 9.96. The van der Waals surface area contributed by atoms with Crippen molar-refractivity contribution in [2.24, 2.45) is 0 Å². The van der Waals surface area contributed by atoms with Crippen LogP contribution in [-0.4, -0.2) is 18.3 Å². The third-order valence-corrected chi connectivity index (χ3v) is 3.94. The maximum Gasteiger partial charge on any atom is 0.170 e. The predicted octanol–water partition coefficient (Wildman–Crippen LogP) is 4.82. The summed E-state index contributed by atoms with van der Waals surface area (Å²) in [5.74, 6) is 0.779. The number of aryl methyl sites for hydroxylation is 1. The smallest absolute Gasteiger partial charge is 0.170 e. The zero-order valence-corrected chi connectivity index (χ0v) is 15.0. The van der Waals surface area contributed by atoms with Gasteiger partial charge in [-0.05, 0) is 48.8 Å². The predicted molar refractivity (Wildman–Crippen MR) is 106 cm³/mol. The number of hydrogen-bond donors (Lipinski definition) is 2. The van der Waals surface area contributed by atoms with E-state index in [1.54, 1.807) is 6.08 Å². The van der Waals surface area contributed by atoms with Crippen molar-refractivity contribution in [2.75, 3.05) is 18.5 Å². The average Bonchev–Trinajstić information content (AvgIpc) is 2.58. The molecule has 2 aromatic carbocycles. The summed E-state index contributed by atoms with van der Waals surface area (Å²) in [5, 5.41) is 7.77. The number of thiocarbonyl (C=S) groups is 1. The van der Waals surface area contributed by atoms with Crippen LogP contribution in [-0.2, 0) is 6.42 Å². The Morgan fingerprint density at radius 3 is 2.83 bits per heavy atom. The summed E-state index contributed by atoms with van der Waals surface area (Å²) in [6.45, 7) is 4.90. The van der Waals surface area contributed by atoms with E-state index in [0.29, 0.717) is 11.7 Å². The highest BCUT2D eigenvalue weighted by molar-refractivity contribution is 7.80. The highest BCUT2D eigenvalue weighted by atomic mass is 35.5. The summed E-state index contributed by atoms with van der Waals surface area (Å²) < 4.78 is 5.50. The molecule has 0 saturated heterocycles. The molecule has 0 saturated carbocycles. The van der Waals surface area contributed by atoms with Gasteiger partial charge in [-0.25, -0.2) is 0 Å². The maximum absolute atomic E-state index is 6.15. The molecule has 5 heteroatoms. The lowest BCUT2D eigenvalue weighted by atomic mass is 10.1. The molecule has 0 fully saturated rings. The van der Waals surface area contributed by atoms with Crippen molar-refractivity contribution in [1.29, 1.82) is 0 Å². The molecule has 0 aromatic heterocycles. The van der Waals surface area contributed by atoms with Gasteiger partial charge in [-0.15, -0.1) is 0 Å². The Morgan fingerprint density at radius 2 is 2.04 bits per heavy atom. The maximum atomic E-state index is 6.15. The molecule has 0 heterocycles. The highest BCUT2D eigenvalue weighted by Gasteiger charge is 2.01. The van der Waals surface area contributed by atoms with Gasteiger partial charge in [0.25, 0.3) is 0 Å². The van der Waals surface area contributed by atoms with Gasteiger partial charge in [0.2, 0.25) is 0 Å². The van der Waals surface area contributed by atoms with Gasteiger partial charge in [0.15, 0.2) is 5.11 Å².